The van der Waals surface area contributed by atoms with E-state index < -0.39 is 0 Å². The molecule has 0 saturated heterocycles. The monoisotopic (exact) mass is 198 g/mol. The predicted octanol–water partition coefficient (Wildman–Crippen LogP) is 1.42. The van der Waals surface area contributed by atoms with E-state index in [2.05, 4.69) is 5.32 Å². The SMILES string of the molecule is CC(C)(C)NC(=O)C1(C)CCCC1N. The molecule has 1 fully saturated rings. The van der Waals surface area contributed by atoms with Gasteiger partial charge in [0.05, 0.1) is 5.41 Å². The Morgan fingerprint density at radius 1 is 1.50 bits per heavy atom. The first-order chi connectivity index (χ1) is 6.26. The van der Waals surface area contributed by atoms with Crippen LogP contribution in [0, 0.1) is 5.41 Å². The van der Waals surface area contributed by atoms with Gasteiger partial charge in [-0.25, -0.2) is 0 Å². The molecule has 14 heavy (non-hydrogen) atoms. The third-order valence-electron chi connectivity index (χ3n) is 3.04. The molecule has 1 saturated carbocycles. The number of amides is 1. The fourth-order valence-electron chi connectivity index (χ4n) is 1.96. The van der Waals surface area contributed by atoms with Crippen LogP contribution in [0.2, 0.25) is 0 Å². The van der Waals surface area contributed by atoms with Crippen LogP contribution in [0.25, 0.3) is 0 Å². The van der Waals surface area contributed by atoms with Gasteiger partial charge in [-0.05, 0) is 40.5 Å². The van der Waals surface area contributed by atoms with E-state index in [0.717, 1.165) is 19.3 Å². The first-order valence-electron chi connectivity index (χ1n) is 5.34. The number of carbonyl (C=O) groups excluding carboxylic acids is 1. The molecule has 0 heterocycles. The zero-order valence-corrected chi connectivity index (χ0v) is 9.68. The molecule has 1 amide bonds. The molecule has 1 rings (SSSR count). The quantitative estimate of drug-likeness (QED) is 0.669. The van der Waals surface area contributed by atoms with E-state index in [4.69, 9.17) is 5.73 Å². The van der Waals surface area contributed by atoms with Crippen molar-refractivity contribution in [3.05, 3.63) is 0 Å². The van der Waals surface area contributed by atoms with Crippen LogP contribution in [0.4, 0.5) is 0 Å². The Kier molecular flexibility index (Phi) is 2.91. The predicted molar refractivity (Wildman–Crippen MR) is 57.8 cm³/mol. The van der Waals surface area contributed by atoms with E-state index in [1.54, 1.807) is 0 Å². The summed E-state index contributed by atoms with van der Waals surface area (Å²) in [6.07, 6.45) is 2.94. The molecule has 0 radical (unpaired) electrons. The van der Waals surface area contributed by atoms with Gasteiger partial charge in [0.1, 0.15) is 0 Å². The van der Waals surface area contributed by atoms with E-state index in [1.807, 2.05) is 27.7 Å². The van der Waals surface area contributed by atoms with Crippen molar-refractivity contribution in [2.45, 2.75) is 58.5 Å². The summed E-state index contributed by atoms with van der Waals surface area (Å²) in [5.74, 6) is 0.106. The molecule has 3 heteroatoms. The molecule has 1 aliphatic carbocycles. The van der Waals surface area contributed by atoms with Gasteiger partial charge in [-0.3, -0.25) is 4.79 Å². The van der Waals surface area contributed by atoms with Gasteiger partial charge in [0, 0.05) is 11.6 Å². The largest absolute Gasteiger partial charge is 0.351 e. The van der Waals surface area contributed by atoms with Crippen molar-refractivity contribution in [1.82, 2.24) is 5.32 Å². The van der Waals surface area contributed by atoms with Gasteiger partial charge < -0.3 is 11.1 Å². The average Bonchev–Trinajstić information content (AvgIpc) is 2.30. The zero-order valence-electron chi connectivity index (χ0n) is 9.68. The number of hydrogen-bond acceptors (Lipinski definition) is 2. The molecular weight excluding hydrogens is 176 g/mol. The van der Waals surface area contributed by atoms with Crippen LogP contribution in [-0.2, 0) is 4.79 Å². The summed E-state index contributed by atoms with van der Waals surface area (Å²) in [6, 6.07) is 0.0184. The minimum Gasteiger partial charge on any atom is -0.351 e. The first-order valence-corrected chi connectivity index (χ1v) is 5.34. The van der Waals surface area contributed by atoms with Crippen LogP contribution in [0.3, 0.4) is 0 Å². The van der Waals surface area contributed by atoms with Crippen molar-refractivity contribution in [2.75, 3.05) is 0 Å². The lowest BCUT2D eigenvalue weighted by Gasteiger charge is -2.32. The van der Waals surface area contributed by atoms with Crippen LogP contribution in [0.15, 0.2) is 0 Å². The van der Waals surface area contributed by atoms with Gasteiger partial charge in [0.15, 0.2) is 0 Å². The van der Waals surface area contributed by atoms with Gasteiger partial charge in [-0.1, -0.05) is 6.42 Å². The minimum absolute atomic E-state index is 0.0184. The summed E-state index contributed by atoms with van der Waals surface area (Å²) >= 11 is 0. The molecule has 82 valence electrons. The van der Waals surface area contributed by atoms with Gasteiger partial charge in [0.2, 0.25) is 5.91 Å². The number of hydrogen-bond donors (Lipinski definition) is 2. The maximum Gasteiger partial charge on any atom is 0.227 e. The van der Waals surface area contributed by atoms with Gasteiger partial charge in [0.25, 0.3) is 0 Å². The van der Waals surface area contributed by atoms with E-state index in [9.17, 15) is 4.79 Å². The highest BCUT2D eigenvalue weighted by Crippen LogP contribution is 2.37. The third kappa shape index (κ3) is 2.27. The Hall–Kier alpha value is -0.570. The number of nitrogens with one attached hydrogen (secondary N) is 1. The highest BCUT2D eigenvalue weighted by atomic mass is 16.2. The summed E-state index contributed by atoms with van der Waals surface area (Å²) < 4.78 is 0. The second-order valence-electron chi connectivity index (χ2n) is 5.62. The minimum atomic E-state index is -0.354. The second-order valence-corrected chi connectivity index (χ2v) is 5.62. The Balaban J connectivity index is 2.68. The number of rotatable bonds is 1. The average molecular weight is 198 g/mol. The topological polar surface area (TPSA) is 55.1 Å². The van der Waals surface area contributed by atoms with Crippen LogP contribution >= 0.6 is 0 Å². The van der Waals surface area contributed by atoms with Crippen LogP contribution < -0.4 is 11.1 Å². The van der Waals surface area contributed by atoms with Crippen molar-refractivity contribution in [3.63, 3.8) is 0 Å². The van der Waals surface area contributed by atoms with E-state index in [1.165, 1.54) is 0 Å². The van der Waals surface area contributed by atoms with E-state index >= 15 is 0 Å². The van der Waals surface area contributed by atoms with Gasteiger partial charge in [-0.15, -0.1) is 0 Å². The summed E-state index contributed by atoms with van der Waals surface area (Å²) in [4.78, 5) is 12.0. The smallest absolute Gasteiger partial charge is 0.227 e. The molecule has 0 spiro atoms. The van der Waals surface area contributed by atoms with Crippen molar-refractivity contribution in [2.24, 2.45) is 11.1 Å². The summed E-state index contributed by atoms with van der Waals surface area (Å²) in [5.41, 5.74) is 5.45. The molecule has 0 aromatic heterocycles. The lowest BCUT2D eigenvalue weighted by Crippen LogP contribution is -2.52. The Bertz CT molecular complexity index is 232. The molecule has 1 aliphatic rings. The van der Waals surface area contributed by atoms with Crippen LogP contribution in [-0.4, -0.2) is 17.5 Å². The summed E-state index contributed by atoms with van der Waals surface area (Å²) in [5, 5.41) is 3.01. The zero-order chi connectivity index (χ0) is 11.0. The van der Waals surface area contributed by atoms with Crippen molar-refractivity contribution in [1.29, 1.82) is 0 Å². The fraction of sp³-hybridized carbons (Fsp3) is 0.909. The van der Waals surface area contributed by atoms with Crippen molar-refractivity contribution >= 4 is 5.91 Å². The summed E-state index contributed by atoms with van der Waals surface area (Å²) in [6.45, 7) is 7.96. The van der Waals surface area contributed by atoms with Gasteiger partial charge in [-0.2, -0.15) is 0 Å². The fourth-order valence-corrected chi connectivity index (χ4v) is 1.96. The second kappa shape index (κ2) is 3.54. The highest BCUT2D eigenvalue weighted by molar-refractivity contribution is 5.84. The number of carbonyl (C=O) groups is 1. The molecule has 3 N–H and O–H groups in total. The third-order valence-corrected chi connectivity index (χ3v) is 3.04. The van der Waals surface area contributed by atoms with Crippen molar-refractivity contribution in [3.8, 4) is 0 Å². The Labute approximate surface area is 86.4 Å². The molecule has 2 atom stereocenters. The Morgan fingerprint density at radius 3 is 2.43 bits per heavy atom. The van der Waals surface area contributed by atoms with E-state index in [0.29, 0.717) is 0 Å². The molecular formula is C11H22N2O. The number of nitrogens with two attached hydrogens (primary N) is 1. The maximum absolute atomic E-state index is 12.0. The lowest BCUT2D eigenvalue weighted by atomic mass is 9.83. The first kappa shape index (κ1) is 11.5. The Morgan fingerprint density at radius 2 is 2.07 bits per heavy atom. The molecule has 0 aromatic rings. The molecule has 0 bridgehead atoms. The maximum atomic E-state index is 12.0. The molecule has 0 aromatic carbocycles. The molecule has 2 unspecified atom stereocenters. The lowest BCUT2D eigenvalue weighted by molar-refractivity contribution is -0.132. The van der Waals surface area contributed by atoms with Crippen LogP contribution in [0.1, 0.15) is 47.0 Å². The van der Waals surface area contributed by atoms with Crippen LogP contribution in [0.5, 0.6) is 0 Å². The normalized spacial score (nSPS) is 33.1. The molecule has 0 aliphatic heterocycles. The highest BCUT2D eigenvalue weighted by Gasteiger charge is 2.43. The summed E-state index contributed by atoms with van der Waals surface area (Å²) in [7, 11) is 0. The van der Waals surface area contributed by atoms with Gasteiger partial charge >= 0.3 is 0 Å². The van der Waals surface area contributed by atoms with E-state index in [-0.39, 0.29) is 22.9 Å². The molecule has 3 nitrogen and oxygen atoms in total. The standard InChI is InChI=1S/C11H22N2O/c1-10(2,3)13-9(14)11(4)7-5-6-8(11)12/h8H,5-7,12H2,1-4H3,(H,13,14). The van der Waals surface area contributed by atoms with Crippen molar-refractivity contribution < 1.29 is 4.79 Å².